The number of hydrogen-bond donors (Lipinski definition) is 0. The van der Waals surface area contributed by atoms with E-state index < -0.39 is 0 Å². The van der Waals surface area contributed by atoms with Gasteiger partial charge in [0.1, 0.15) is 0 Å². The number of rotatable bonds is 2. The minimum Gasteiger partial charge on any atom is -0.466 e. The lowest BCUT2D eigenvalue weighted by Crippen LogP contribution is -2.15. The summed E-state index contributed by atoms with van der Waals surface area (Å²) in [6.07, 6.45) is 5.02. The number of hydrogen-bond acceptors (Lipinski definition) is 2. The predicted molar refractivity (Wildman–Crippen MR) is 43.1 cm³/mol. The Kier molecular flexibility index (Phi) is 2.69. The first kappa shape index (κ1) is 8.31. The highest BCUT2D eigenvalue weighted by Crippen LogP contribution is 2.34. The quantitative estimate of drug-likeness (QED) is 0.448. The van der Waals surface area contributed by atoms with Gasteiger partial charge >= 0.3 is 5.97 Å². The molecule has 1 aliphatic carbocycles. The van der Waals surface area contributed by atoms with Crippen LogP contribution in [0.1, 0.15) is 26.2 Å². The number of carbonyl (C=O) groups is 1. The van der Waals surface area contributed by atoms with Crippen molar-refractivity contribution in [3.63, 3.8) is 0 Å². The fourth-order valence-electron chi connectivity index (χ4n) is 1.31. The second-order valence-corrected chi connectivity index (χ2v) is 3.01. The smallest absolute Gasteiger partial charge is 0.330 e. The average molecular weight is 154 g/mol. The van der Waals surface area contributed by atoms with Gasteiger partial charge in [-0.15, -0.1) is 0 Å². The van der Waals surface area contributed by atoms with Crippen molar-refractivity contribution in [2.75, 3.05) is 7.11 Å². The molecular formula is C9H14O2. The molecule has 0 radical (unpaired) electrons. The Morgan fingerprint density at radius 2 is 2.36 bits per heavy atom. The van der Waals surface area contributed by atoms with Crippen molar-refractivity contribution < 1.29 is 9.53 Å². The monoisotopic (exact) mass is 154 g/mol. The highest BCUT2D eigenvalue weighted by atomic mass is 16.5. The molecular weight excluding hydrogens is 140 g/mol. The summed E-state index contributed by atoms with van der Waals surface area (Å²) in [6, 6.07) is 0. The zero-order valence-corrected chi connectivity index (χ0v) is 7.09. The van der Waals surface area contributed by atoms with Crippen LogP contribution in [0.3, 0.4) is 0 Å². The molecule has 0 unspecified atom stereocenters. The van der Waals surface area contributed by atoms with E-state index in [0.29, 0.717) is 0 Å². The van der Waals surface area contributed by atoms with Crippen LogP contribution in [0.15, 0.2) is 11.6 Å². The SMILES string of the molecule is CCC1CC(=CC(=O)OC)C1. The van der Waals surface area contributed by atoms with Gasteiger partial charge in [0.05, 0.1) is 7.11 Å². The fraction of sp³-hybridized carbons (Fsp3) is 0.667. The van der Waals surface area contributed by atoms with Gasteiger partial charge in [0, 0.05) is 6.08 Å². The maximum Gasteiger partial charge on any atom is 0.330 e. The Labute approximate surface area is 67.2 Å². The van der Waals surface area contributed by atoms with Gasteiger partial charge in [-0.2, -0.15) is 0 Å². The highest BCUT2D eigenvalue weighted by Gasteiger charge is 2.21. The van der Waals surface area contributed by atoms with Crippen molar-refractivity contribution in [2.45, 2.75) is 26.2 Å². The Bertz CT molecular complexity index is 174. The summed E-state index contributed by atoms with van der Waals surface area (Å²) in [5.74, 6) is 0.598. The maximum absolute atomic E-state index is 10.7. The van der Waals surface area contributed by atoms with Crippen molar-refractivity contribution in [3.8, 4) is 0 Å². The third kappa shape index (κ3) is 2.07. The fourth-order valence-corrected chi connectivity index (χ4v) is 1.31. The Morgan fingerprint density at radius 3 is 2.82 bits per heavy atom. The summed E-state index contributed by atoms with van der Waals surface area (Å²) in [6.45, 7) is 2.18. The lowest BCUT2D eigenvalue weighted by atomic mass is 9.78. The minimum atomic E-state index is -0.213. The van der Waals surface area contributed by atoms with Crippen LogP contribution in [0.4, 0.5) is 0 Å². The zero-order valence-electron chi connectivity index (χ0n) is 7.09. The Morgan fingerprint density at radius 1 is 1.73 bits per heavy atom. The minimum absolute atomic E-state index is 0.213. The van der Waals surface area contributed by atoms with Crippen LogP contribution in [0.5, 0.6) is 0 Å². The van der Waals surface area contributed by atoms with Crippen LogP contribution in [0.2, 0.25) is 0 Å². The summed E-state index contributed by atoms with van der Waals surface area (Å²) in [5, 5.41) is 0. The summed E-state index contributed by atoms with van der Waals surface area (Å²) in [5.41, 5.74) is 1.24. The summed E-state index contributed by atoms with van der Waals surface area (Å²) < 4.78 is 4.51. The number of allylic oxidation sites excluding steroid dienone is 1. The molecule has 1 aliphatic rings. The predicted octanol–water partition coefficient (Wildman–Crippen LogP) is 1.91. The van der Waals surface area contributed by atoms with Crippen molar-refractivity contribution in [3.05, 3.63) is 11.6 Å². The lowest BCUT2D eigenvalue weighted by molar-refractivity contribution is -0.134. The number of carbonyl (C=O) groups excluding carboxylic acids is 1. The third-order valence-corrected chi connectivity index (χ3v) is 2.20. The first-order valence-electron chi connectivity index (χ1n) is 4.03. The van der Waals surface area contributed by atoms with Crippen LogP contribution < -0.4 is 0 Å². The zero-order chi connectivity index (χ0) is 8.27. The van der Waals surface area contributed by atoms with Crippen LogP contribution in [0.25, 0.3) is 0 Å². The van der Waals surface area contributed by atoms with Gasteiger partial charge in [0.2, 0.25) is 0 Å². The molecule has 0 aliphatic heterocycles. The molecule has 1 rings (SSSR count). The van der Waals surface area contributed by atoms with Gasteiger partial charge in [0.15, 0.2) is 0 Å². The first-order valence-corrected chi connectivity index (χ1v) is 4.03. The van der Waals surface area contributed by atoms with E-state index in [4.69, 9.17) is 0 Å². The Hall–Kier alpha value is -0.790. The third-order valence-electron chi connectivity index (χ3n) is 2.20. The molecule has 2 heteroatoms. The number of esters is 1. The summed E-state index contributed by atoms with van der Waals surface area (Å²) in [7, 11) is 1.41. The van der Waals surface area contributed by atoms with E-state index in [9.17, 15) is 4.79 Å². The van der Waals surface area contributed by atoms with Gasteiger partial charge in [-0.1, -0.05) is 18.9 Å². The van der Waals surface area contributed by atoms with Gasteiger partial charge < -0.3 is 4.74 Å². The van der Waals surface area contributed by atoms with E-state index in [1.165, 1.54) is 19.1 Å². The van der Waals surface area contributed by atoms with Crippen molar-refractivity contribution in [1.29, 1.82) is 0 Å². The van der Waals surface area contributed by atoms with Crippen molar-refractivity contribution in [1.82, 2.24) is 0 Å². The molecule has 11 heavy (non-hydrogen) atoms. The van der Waals surface area contributed by atoms with Crippen LogP contribution in [-0.4, -0.2) is 13.1 Å². The standard InChI is InChI=1S/C9H14O2/c1-3-7-4-8(5-7)6-9(10)11-2/h6-7H,3-5H2,1-2H3. The molecule has 62 valence electrons. The molecule has 1 saturated carbocycles. The second-order valence-electron chi connectivity index (χ2n) is 3.01. The molecule has 1 fully saturated rings. The van der Waals surface area contributed by atoms with E-state index in [1.54, 1.807) is 6.08 Å². The van der Waals surface area contributed by atoms with Crippen LogP contribution >= 0.6 is 0 Å². The summed E-state index contributed by atoms with van der Waals surface area (Å²) in [4.78, 5) is 10.7. The average Bonchev–Trinajstić information content (AvgIpc) is 1.95. The van der Waals surface area contributed by atoms with Crippen molar-refractivity contribution in [2.24, 2.45) is 5.92 Å². The topological polar surface area (TPSA) is 26.3 Å². The van der Waals surface area contributed by atoms with Gasteiger partial charge in [-0.25, -0.2) is 4.79 Å². The van der Waals surface area contributed by atoms with E-state index in [2.05, 4.69) is 11.7 Å². The molecule has 0 heterocycles. The second kappa shape index (κ2) is 3.56. The normalized spacial score (nSPS) is 22.4. The first-order chi connectivity index (χ1) is 5.26. The highest BCUT2D eigenvalue weighted by molar-refractivity contribution is 5.82. The molecule has 0 spiro atoms. The molecule has 0 aromatic heterocycles. The molecule has 2 nitrogen and oxygen atoms in total. The van der Waals surface area contributed by atoms with Gasteiger partial charge in [-0.3, -0.25) is 0 Å². The molecule has 0 atom stereocenters. The van der Waals surface area contributed by atoms with E-state index in [1.807, 2.05) is 0 Å². The van der Waals surface area contributed by atoms with Crippen LogP contribution in [0, 0.1) is 5.92 Å². The summed E-state index contributed by atoms with van der Waals surface area (Å²) >= 11 is 0. The molecule has 0 bridgehead atoms. The van der Waals surface area contributed by atoms with Crippen molar-refractivity contribution >= 4 is 5.97 Å². The Balaban J connectivity index is 2.30. The molecule has 0 amide bonds. The molecule has 0 aromatic carbocycles. The van der Waals surface area contributed by atoms with E-state index in [0.717, 1.165) is 18.8 Å². The largest absolute Gasteiger partial charge is 0.466 e. The van der Waals surface area contributed by atoms with Gasteiger partial charge in [-0.05, 0) is 18.8 Å². The lowest BCUT2D eigenvalue weighted by Gasteiger charge is -2.27. The maximum atomic E-state index is 10.7. The van der Waals surface area contributed by atoms with E-state index >= 15 is 0 Å². The van der Waals surface area contributed by atoms with Gasteiger partial charge in [0.25, 0.3) is 0 Å². The van der Waals surface area contributed by atoms with E-state index in [-0.39, 0.29) is 5.97 Å². The molecule has 0 saturated heterocycles. The van der Waals surface area contributed by atoms with Crippen LogP contribution in [-0.2, 0) is 9.53 Å². The molecule has 0 aromatic rings. The number of methoxy groups -OCH3 is 1. The molecule has 0 N–H and O–H groups in total. The number of ether oxygens (including phenoxy) is 1.